The van der Waals surface area contributed by atoms with Crippen molar-refractivity contribution in [1.29, 1.82) is 0 Å². The highest BCUT2D eigenvalue weighted by molar-refractivity contribution is 5.92. The highest BCUT2D eigenvalue weighted by Gasteiger charge is 2.47. The molecule has 0 aliphatic carbocycles. The van der Waals surface area contributed by atoms with E-state index in [2.05, 4.69) is 10.2 Å². The smallest absolute Gasteiger partial charge is 0.238 e. The van der Waals surface area contributed by atoms with E-state index < -0.39 is 0 Å². The van der Waals surface area contributed by atoms with E-state index in [1.165, 1.54) is 6.07 Å². The van der Waals surface area contributed by atoms with Gasteiger partial charge in [0, 0.05) is 32.5 Å². The number of nitrogens with one attached hydrogen (secondary N) is 1. The first kappa shape index (κ1) is 17.3. The molecule has 6 heteroatoms. The second kappa shape index (κ2) is 7.17. The molecule has 2 aliphatic rings. The summed E-state index contributed by atoms with van der Waals surface area (Å²) in [5, 5.41) is 2.77. The summed E-state index contributed by atoms with van der Waals surface area (Å²) in [5.41, 5.74) is 0.764. The van der Waals surface area contributed by atoms with Gasteiger partial charge in [0.15, 0.2) is 0 Å². The molecule has 5 nitrogen and oxygen atoms in total. The molecule has 3 rings (SSSR count). The van der Waals surface area contributed by atoms with Crippen LogP contribution in [0.15, 0.2) is 18.2 Å². The lowest BCUT2D eigenvalue weighted by Crippen LogP contribution is -2.58. The number of ether oxygens (including phenoxy) is 2. The van der Waals surface area contributed by atoms with Crippen LogP contribution in [0.4, 0.5) is 10.1 Å². The van der Waals surface area contributed by atoms with E-state index in [0.717, 1.165) is 32.4 Å². The summed E-state index contributed by atoms with van der Waals surface area (Å²) >= 11 is 0. The Hall–Kier alpha value is -1.50. The van der Waals surface area contributed by atoms with Crippen LogP contribution in [0.2, 0.25) is 0 Å². The monoisotopic (exact) mass is 336 g/mol. The lowest BCUT2D eigenvalue weighted by atomic mass is 9.87. The van der Waals surface area contributed by atoms with Crippen LogP contribution in [-0.2, 0) is 14.3 Å². The molecule has 132 valence electrons. The molecule has 1 amide bonds. The van der Waals surface area contributed by atoms with Gasteiger partial charge in [-0.2, -0.15) is 0 Å². The summed E-state index contributed by atoms with van der Waals surface area (Å²) in [4.78, 5) is 14.4. The van der Waals surface area contributed by atoms with Gasteiger partial charge in [-0.25, -0.2) is 4.39 Å². The van der Waals surface area contributed by atoms with Gasteiger partial charge < -0.3 is 14.8 Å². The van der Waals surface area contributed by atoms with Gasteiger partial charge in [-0.3, -0.25) is 9.69 Å². The van der Waals surface area contributed by atoms with E-state index in [1.807, 2.05) is 0 Å². The maximum atomic E-state index is 13.6. The molecule has 0 saturated carbocycles. The lowest BCUT2D eigenvalue weighted by Gasteiger charge is -2.44. The van der Waals surface area contributed by atoms with Crippen molar-refractivity contribution in [2.75, 3.05) is 38.7 Å². The first-order chi connectivity index (χ1) is 11.5. The molecule has 0 radical (unpaired) electrons. The maximum Gasteiger partial charge on any atom is 0.238 e. The van der Waals surface area contributed by atoms with Crippen molar-refractivity contribution in [1.82, 2.24) is 4.90 Å². The zero-order valence-electron chi connectivity index (χ0n) is 14.3. The largest absolute Gasteiger partial charge is 0.378 e. The van der Waals surface area contributed by atoms with E-state index >= 15 is 0 Å². The first-order valence-electron chi connectivity index (χ1n) is 8.47. The molecule has 2 fully saturated rings. The topological polar surface area (TPSA) is 50.8 Å². The van der Waals surface area contributed by atoms with Crippen molar-refractivity contribution in [2.45, 2.75) is 37.9 Å². The SMILES string of the molecule is COC1CCN(CC(=O)Nc2ccc(C)c(F)c2)CC12CCCO2. The number of benzene rings is 1. The second-order valence-electron chi connectivity index (χ2n) is 6.75. The summed E-state index contributed by atoms with van der Waals surface area (Å²) < 4.78 is 25.2. The van der Waals surface area contributed by atoms with Gasteiger partial charge in [0.1, 0.15) is 11.4 Å². The molecular weight excluding hydrogens is 311 g/mol. The summed E-state index contributed by atoms with van der Waals surface area (Å²) in [5.74, 6) is -0.450. The third-order valence-electron chi connectivity index (χ3n) is 5.03. The lowest BCUT2D eigenvalue weighted by molar-refractivity contribution is -0.146. The van der Waals surface area contributed by atoms with Gasteiger partial charge in [-0.1, -0.05) is 6.07 Å². The van der Waals surface area contributed by atoms with E-state index in [-0.39, 0.29) is 30.0 Å². The molecule has 0 bridgehead atoms. The zero-order valence-corrected chi connectivity index (χ0v) is 14.3. The molecule has 1 spiro atoms. The number of anilines is 1. The predicted molar refractivity (Wildman–Crippen MR) is 89.5 cm³/mol. The Morgan fingerprint density at radius 1 is 1.54 bits per heavy atom. The fourth-order valence-corrected chi connectivity index (χ4v) is 3.76. The minimum Gasteiger partial charge on any atom is -0.378 e. The van der Waals surface area contributed by atoms with Crippen molar-refractivity contribution in [3.63, 3.8) is 0 Å². The minimum atomic E-state index is -0.313. The number of halogens is 1. The average Bonchev–Trinajstić information content (AvgIpc) is 3.00. The summed E-state index contributed by atoms with van der Waals surface area (Å²) in [6.45, 7) is 4.21. The quantitative estimate of drug-likeness (QED) is 0.917. The van der Waals surface area contributed by atoms with E-state index in [1.54, 1.807) is 26.2 Å². The fraction of sp³-hybridized carbons (Fsp3) is 0.611. The number of carbonyl (C=O) groups excluding carboxylic acids is 1. The van der Waals surface area contributed by atoms with Crippen LogP contribution in [0.25, 0.3) is 0 Å². The number of aryl methyl sites for hydroxylation is 1. The molecule has 2 unspecified atom stereocenters. The molecule has 2 aliphatic heterocycles. The number of likely N-dealkylation sites (tertiary alicyclic amines) is 1. The van der Waals surface area contributed by atoms with Crippen LogP contribution in [0, 0.1) is 12.7 Å². The third-order valence-corrected chi connectivity index (χ3v) is 5.03. The van der Waals surface area contributed by atoms with Crippen LogP contribution in [0.1, 0.15) is 24.8 Å². The van der Waals surface area contributed by atoms with Gasteiger partial charge in [0.2, 0.25) is 5.91 Å². The van der Waals surface area contributed by atoms with Crippen LogP contribution in [-0.4, -0.2) is 55.9 Å². The fourth-order valence-electron chi connectivity index (χ4n) is 3.76. The van der Waals surface area contributed by atoms with Crippen LogP contribution in [0.3, 0.4) is 0 Å². The zero-order chi connectivity index (χ0) is 17.2. The number of hydrogen-bond donors (Lipinski definition) is 1. The van der Waals surface area contributed by atoms with Gasteiger partial charge in [-0.05, 0) is 43.9 Å². The van der Waals surface area contributed by atoms with Crippen molar-refractivity contribution in [2.24, 2.45) is 0 Å². The van der Waals surface area contributed by atoms with E-state index in [0.29, 0.717) is 17.8 Å². The highest BCUT2D eigenvalue weighted by Crippen LogP contribution is 2.36. The van der Waals surface area contributed by atoms with Crippen LogP contribution < -0.4 is 5.32 Å². The number of nitrogens with zero attached hydrogens (tertiary/aromatic N) is 1. The minimum absolute atomic E-state index is 0.0884. The highest BCUT2D eigenvalue weighted by atomic mass is 19.1. The summed E-state index contributed by atoms with van der Waals surface area (Å²) in [7, 11) is 1.72. The first-order valence-corrected chi connectivity index (χ1v) is 8.47. The van der Waals surface area contributed by atoms with Crippen molar-refractivity contribution < 1.29 is 18.7 Å². The Labute approximate surface area is 142 Å². The van der Waals surface area contributed by atoms with Crippen molar-refractivity contribution >= 4 is 11.6 Å². The molecule has 1 aromatic carbocycles. The Morgan fingerprint density at radius 3 is 3.04 bits per heavy atom. The summed E-state index contributed by atoms with van der Waals surface area (Å²) in [6, 6.07) is 4.73. The molecule has 2 saturated heterocycles. The molecular formula is C18H25FN2O3. The van der Waals surface area contributed by atoms with Gasteiger partial charge in [0.25, 0.3) is 0 Å². The number of methoxy groups -OCH3 is 1. The Bertz CT molecular complexity index is 602. The van der Waals surface area contributed by atoms with Crippen molar-refractivity contribution in [3.05, 3.63) is 29.6 Å². The molecule has 1 N–H and O–H groups in total. The van der Waals surface area contributed by atoms with Gasteiger partial charge in [0.05, 0.1) is 12.6 Å². The summed E-state index contributed by atoms with van der Waals surface area (Å²) in [6.07, 6.45) is 2.93. The molecule has 2 atom stereocenters. The molecule has 1 aromatic rings. The molecule has 0 aromatic heterocycles. The standard InChI is InChI=1S/C18H25FN2O3/c1-13-4-5-14(10-15(13)19)20-17(22)11-21-8-6-16(23-2)18(12-21)7-3-9-24-18/h4-5,10,16H,3,6-9,11-12H2,1-2H3,(H,20,22). The van der Waals surface area contributed by atoms with E-state index in [4.69, 9.17) is 9.47 Å². The Morgan fingerprint density at radius 2 is 2.38 bits per heavy atom. The second-order valence-corrected chi connectivity index (χ2v) is 6.75. The number of piperidine rings is 1. The van der Waals surface area contributed by atoms with Crippen LogP contribution in [0.5, 0.6) is 0 Å². The average molecular weight is 336 g/mol. The van der Waals surface area contributed by atoms with Crippen LogP contribution >= 0.6 is 0 Å². The number of carbonyl (C=O) groups is 1. The molecule has 2 heterocycles. The Kier molecular flexibility index (Phi) is 5.18. The van der Waals surface area contributed by atoms with E-state index in [9.17, 15) is 9.18 Å². The van der Waals surface area contributed by atoms with Crippen molar-refractivity contribution in [3.8, 4) is 0 Å². The predicted octanol–water partition coefficient (Wildman–Crippen LogP) is 2.34. The number of hydrogen-bond acceptors (Lipinski definition) is 4. The van der Waals surface area contributed by atoms with Gasteiger partial charge >= 0.3 is 0 Å². The normalized spacial score (nSPS) is 27.5. The third kappa shape index (κ3) is 3.61. The number of amides is 1. The number of rotatable bonds is 4. The Balaban J connectivity index is 1.59. The molecule has 24 heavy (non-hydrogen) atoms. The maximum absolute atomic E-state index is 13.6. The van der Waals surface area contributed by atoms with Gasteiger partial charge in [-0.15, -0.1) is 0 Å².